The van der Waals surface area contributed by atoms with Crippen molar-refractivity contribution in [2.24, 2.45) is 0 Å². The molecule has 0 saturated carbocycles. The zero-order valence-corrected chi connectivity index (χ0v) is 7.34. The van der Waals surface area contributed by atoms with Gasteiger partial charge in [-0.3, -0.25) is 0 Å². The highest BCUT2D eigenvalue weighted by molar-refractivity contribution is 5.26. The summed E-state index contributed by atoms with van der Waals surface area (Å²) in [6, 6.07) is 4.94. The SMILES string of the molecule is Cc1ccc(F)c([C@@H](C)CO)c1. The molecule has 0 radical (unpaired) electrons. The van der Waals surface area contributed by atoms with E-state index >= 15 is 0 Å². The molecule has 1 aromatic rings. The Labute approximate surface area is 71.9 Å². The van der Waals surface area contributed by atoms with Crippen LogP contribution in [0.4, 0.5) is 4.39 Å². The van der Waals surface area contributed by atoms with Crippen molar-refractivity contribution in [2.75, 3.05) is 6.61 Å². The third-order valence-electron chi connectivity index (χ3n) is 1.96. The van der Waals surface area contributed by atoms with Crippen molar-refractivity contribution < 1.29 is 9.50 Å². The van der Waals surface area contributed by atoms with Gasteiger partial charge >= 0.3 is 0 Å². The number of halogens is 1. The lowest BCUT2D eigenvalue weighted by Gasteiger charge is -2.09. The zero-order chi connectivity index (χ0) is 9.14. The number of benzene rings is 1. The van der Waals surface area contributed by atoms with Gasteiger partial charge in [-0.25, -0.2) is 4.39 Å². The molecule has 0 bridgehead atoms. The Balaban J connectivity index is 3.04. The maximum atomic E-state index is 13.1. The number of aliphatic hydroxyl groups is 1. The first-order valence-corrected chi connectivity index (χ1v) is 4.02. The maximum Gasteiger partial charge on any atom is 0.126 e. The summed E-state index contributed by atoms with van der Waals surface area (Å²) in [5.41, 5.74) is 1.62. The van der Waals surface area contributed by atoms with E-state index in [0.29, 0.717) is 5.56 Å². The molecule has 0 amide bonds. The molecular weight excluding hydrogens is 155 g/mol. The van der Waals surface area contributed by atoms with Crippen LogP contribution in [-0.4, -0.2) is 11.7 Å². The Morgan fingerprint density at radius 3 is 2.75 bits per heavy atom. The van der Waals surface area contributed by atoms with Crippen molar-refractivity contribution in [3.63, 3.8) is 0 Å². The Bertz CT molecular complexity index is 271. The molecule has 0 heterocycles. The molecule has 12 heavy (non-hydrogen) atoms. The van der Waals surface area contributed by atoms with Gasteiger partial charge in [0.2, 0.25) is 0 Å². The molecule has 0 aliphatic heterocycles. The zero-order valence-electron chi connectivity index (χ0n) is 7.34. The first-order valence-electron chi connectivity index (χ1n) is 4.02. The van der Waals surface area contributed by atoms with Crippen LogP contribution in [0.5, 0.6) is 0 Å². The molecule has 1 N–H and O–H groups in total. The van der Waals surface area contributed by atoms with E-state index in [1.807, 2.05) is 6.92 Å². The van der Waals surface area contributed by atoms with Crippen LogP contribution in [0.3, 0.4) is 0 Å². The molecule has 0 aromatic heterocycles. The predicted molar refractivity (Wildman–Crippen MR) is 46.6 cm³/mol. The van der Waals surface area contributed by atoms with Crippen LogP contribution in [0.25, 0.3) is 0 Å². The molecule has 2 heteroatoms. The molecule has 1 rings (SSSR count). The van der Waals surface area contributed by atoms with Crippen LogP contribution >= 0.6 is 0 Å². The molecular formula is C10H13FO. The molecule has 1 nitrogen and oxygen atoms in total. The highest BCUT2D eigenvalue weighted by atomic mass is 19.1. The Hall–Kier alpha value is -0.890. The number of hydrogen-bond acceptors (Lipinski definition) is 1. The Morgan fingerprint density at radius 1 is 1.50 bits per heavy atom. The minimum absolute atomic E-state index is 0.0135. The highest BCUT2D eigenvalue weighted by Gasteiger charge is 2.09. The summed E-state index contributed by atoms with van der Waals surface area (Å²) in [6.07, 6.45) is 0. The summed E-state index contributed by atoms with van der Waals surface area (Å²) in [5.74, 6) is -0.355. The summed E-state index contributed by atoms with van der Waals surface area (Å²) < 4.78 is 13.1. The van der Waals surface area contributed by atoms with E-state index in [1.165, 1.54) is 6.07 Å². The van der Waals surface area contributed by atoms with Gasteiger partial charge in [0.15, 0.2) is 0 Å². The minimum Gasteiger partial charge on any atom is -0.396 e. The average molecular weight is 168 g/mol. The monoisotopic (exact) mass is 168 g/mol. The van der Waals surface area contributed by atoms with Gasteiger partial charge in [-0.15, -0.1) is 0 Å². The number of rotatable bonds is 2. The van der Waals surface area contributed by atoms with Crippen molar-refractivity contribution in [3.8, 4) is 0 Å². The standard InChI is InChI=1S/C10H13FO/c1-7-3-4-10(11)9(5-7)8(2)6-12/h3-5,8,12H,6H2,1-2H3/t8-/m0/s1. The molecule has 1 atom stereocenters. The smallest absolute Gasteiger partial charge is 0.126 e. The third kappa shape index (κ3) is 1.83. The number of aliphatic hydroxyl groups excluding tert-OH is 1. The normalized spacial score (nSPS) is 13.0. The fourth-order valence-electron chi connectivity index (χ4n) is 1.14. The van der Waals surface area contributed by atoms with Crippen molar-refractivity contribution in [3.05, 3.63) is 35.1 Å². The summed E-state index contributed by atoms with van der Waals surface area (Å²) in [5, 5.41) is 8.84. The van der Waals surface area contributed by atoms with Crippen molar-refractivity contribution in [1.82, 2.24) is 0 Å². The van der Waals surface area contributed by atoms with E-state index in [1.54, 1.807) is 19.1 Å². The molecule has 0 fully saturated rings. The first-order chi connectivity index (χ1) is 5.65. The van der Waals surface area contributed by atoms with Gasteiger partial charge in [-0.1, -0.05) is 24.6 Å². The number of aryl methyl sites for hydroxylation is 1. The maximum absolute atomic E-state index is 13.1. The van der Waals surface area contributed by atoms with Crippen LogP contribution in [0.2, 0.25) is 0 Å². The molecule has 0 aliphatic rings. The van der Waals surface area contributed by atoms with E-state index < -0.39 is 0 Å². The summed E-state index contributed by atoms with van der Waals surface area (Å²) in [7, 11) is 0. The Kier molecular flexibility index (Phi) is 2.82. The lowest BCUT2D eigenvalue weighted by Crippen LogP contribution is -2.02. The minimum atomic E-state index is -0.234. The van der Waals surface area contributed by atoms with E-state index in [4.69, 9.17) is 5.11 Å². The fraction of sp³-hybridized carbons (Fsp3) is 0.400. The van der Waals surface area contributed by atoms with E-state index in [9.17, 15) is 4.39 Å². The van der Waals surface area contributed by atoms with Gasteiger partial charge in [0.1, 0.15) is 5.82 Å². The van der Waals surface area contributed by atoms with Crippen LogP contribution in [0.1, 0.15) is 24.0 Å². The van der Waals surface area contributed by atoms with Crippen LogP contribution in [0, 0.1) is 12.7 Å². The fourth-order valence-corrected chi connectivity index (χ4v) is 1.14. The van der Waals surface area contributed by atoms with Gasteiger partial charge in [0.25, 0.3) is 0 Å². The highest BCUT2D eigenvalue weighted by Crippen LogP contribution is 2.19. The second-order valence-corrected chi connectivity index (χ2v) is 3.11. The van der Waals surface area contributed by atoms with E-state index in [0.717, 1.165) is 5.56 Å². The summed E-state index contributed by atoms with van der Waals surface area (Å²) in [6.45, 7) is 3.70. The first kappa shape index (κ1) is 9.20. The van der Waals surface area contributed by atoms with Gasteiger partial charge in [-0.2, -0.15) is 0 Å². The van der Waals surface area contributed by atoms with Crippen LogP contribution in [0.15, 0.2) is 18.2 Å². The average Bonchev–Trinajstić information content (AvgIpc) is 2.08. The second kappa shape index (κ2) is 3.68. The lowest BCUT2D eigenvalue weighted by molar-refractivity contribution is 0.270. The van der Waals surface area contributed by atoms with Crippen LogP contribution in [-0.2, 0) is 0 Å². The van der Waals surface area contributed by atoms with Crippen molar-refractivity contribution in [2.45, 2.75) is 19.8 Å². The molecule has 0 spiro atoms. The molecule has 0 unspecified atom stereocenters. The summed E-state index contributed by atoms with van der Waals surface area (Å²) in [4.78, 5) is 0. The van der Waals surface area contributed by atoms with Gasteiger partial charge in [0, 0.05) is 12.5 Å². The topological polar surface area (TPSA) is 20.2 Å². The third-order valence-corrected chi connectivity index (χ3v) is 1.96. The van der Waals surface area contributed by atoms with Gasteiger partial charge in [0.05, 0.1) is 0 Å². The van der Waals surface area contributed by atoms with Crippen molar-refractivity contribution >= 4 is 0 Å². The molecule has 0 aliphatic carbocycles. The van der Waals surface area contributed by atoms with Gasteiger partial charge in [-0.05, 0) is 18.6 Å². The molecule has 66 valence electrons. The number of hydrogen-bond donors (Lipinski definition) is 1. The quantitative estimate of drug-likeness (QED) is 0.718. The van der Waals surface area contributed by atoms with E-state index in [2.05, 4.69) is 0 Å². The molecule has 0 saturated heterocycles. The van der Waals surface area contributed by atoms with Crippen molar-refractivity contribution in [1.29, 1.82) is 0 Å². The van der Waals surface area contributed by atoms with E-state index in [-0.39, 0.29) is 18.3 Å². The molecule has 1 aromatic carbocycles. The van der Waals surface area contributed by atoms with Gasteiger partial charge < -0.3 is 5.11 Å². The lowest BCUT2D eigenvalue weighted by atomic mass is 10.00. The van der Waals surface area contributed by atoms with Crippen LogP contribution < -0.4 is 0 Å². The second-order valence-electron chi connectivity index (χ2n) is 3.11. The predicted octanol–water partition coefficient (Wildman–Crippen LogP) is 2.23. The summed E-state index contributed by atoms with van der Waals surface area (Å²) >= 11 is 0. The Morgan fingerprint density at radius 2 is 2.17 bits per heavy atom. The largest absolute Gasteiger partial charge is 0.396 e.